The number of rotatable bonds is 6. The minimum Gasteiger partial charge on any atom is -0.486 e. The van der Waals surface area contributed by atoms with Crippen LogP contribution in [0.25, 0.3) is 0 Å². The molecule has 0 amide bonds. The average Bonchev–Trinajstić information content (AvgIpc) is 3.13. The molecular weight excluding hydrogens is 365 g/mol. The van der Waals surface area contributed by atoms with Crippen molar-refractivity contribution in [2.45, 2.75) is 13.2 Å². The van der Waals surface area contributed by atoms with E-state index in [1.807, 2.05) is 5.38 Å². The number of thiazole rings is 1. The second-order valence-corrected chi connectivity index (χ2v) is 6.17. The van der Waals surface area contributed by atoms with Crippen LogP contribution in [0.2, 0.25) is 5.02 Å². The van der Waals surface area contributed by atoms with E-state index in [0.717, 1.165) is 5.69 Å². The highest BCUT2D eigenvalue weighted by Crippen LogP contribution is 2.23. The molecule has 0 bridgehead atoms. The summed E-state index contributed by atoms with van der Waals surface area (Å²) in [5.74, 6) is -0.762. The lowest BCUT2D eigenvalue weighted by molar-refractivity contribution is 0.0464. The van der Waals surface area contributed by atoms with Crippen molar-refractivity contribution in [1.82, 2.24) is 4.98 Å². The third-order valence-corrected chi connectivity index (χ3v) is 4.36. The third-order valence-electron chi connectivity index (χ3n) is 3.38. The summed E-state index contributed by atoms with van der Waals surface area (Å²) in [4.78, 5) is 16.5. The van der Waals surface area contributed by atoms with Crippen LogP contribution in [0, 0.1) is 5.82 Å². The van der Waals surface area contributed by atoms with E-state index >= 15 is 0 Å². The van der Waals surface area contributed by atoms with Gasteiger partial charge >= 0.3 is 5.97 Å². The second-order valence-electron chi connectivity index (χ2n) is 5.04. The normalized spacial score (nSPS) is 10.5. The van der Waals surface area contributed by atoms with Gasteiger partial charge in [-0.3, -0.25) is 0 Å². The number of aromatic nitrogens is 1. The van der Waals surface area contributed by atoms with Crippen LogP contribution in [0.15, 0.2) is 53.4 Å². The summed E-state index contributed by atoms with van der Waals surface area (Å²) < 4.78 is 24.6. The SMILES string of the molecule is O=C(OCc1c(F)cccc1Cl)c1ccccc1OCc1cscn1. The first-order chi connectivity index (χ1) is 12.1. The van der Waals surface area contributed by atoms with E-state index in [1.165, 1.54) is 23.5 Å². The Labute approximate surface area is 152 Å². The largest absolute Gasteiger partial charge is 0.486 e. The molecule has 0 aliphatic heterocycles. The first-order valence-corrected chi connectivity index (χ1v) is 8.66. The van der Waals surface area contributed by atoms with Gasteiger partial charge in [-0.2, -0.15) is 0 Å². The lowest BCUT2D eigenvalue weighted by Crippen LogP contribution is -2.09. The van der Waals surface area contributed by atoms with Gasteiger partial charge in [-0.05, 0) is 24.3 Å². The minimum absolute atomic E-state index is 0.137. The van der Waals surface area contributed by atoms with E-state index in [9.17, 15) is 9.18 Å². The van der Waals surface area contributed by atoms with Crippen LogP contribution in [0.1, 0.15) is 21.6 Å². The molecule has 3 aromatic rings. The Morgan fingerprint density at radius 1 is 1.16 bits per heavy atom. The van der Waals surface area contributed by atoms with Gasteiger partial charge in [0.2, 0.25) is 0 Å². The molecule has 0 unspecified atom stereocenters. The second kappa shape index (κ2) is 8.09. The number of carbonyl (C=O) groups excluding carboxylic acids is 1. The molecule has 1 aromatic heterocycles. The molecule has 128 valence electrons. The first-order valence-electron chi connectivity index (χ1n) is 7.34. The fourth-order valence-corrected chi connectivity index (χ4v) is 2.87. The molecule has 0 aliphatic rings. The molecular formula is C18H13ClFNO3S. The number of para-hydroxylation sites is 1. The van der Waals surface area contributed by atoms with Crippen molar-refractivity contribution in [3.8, 4) is 5.75 Å². The maximum Gasteiger partial charge on any atom is 0.342 e. The quantitative estimate of drug-likeness (QED) is 0.575. The smallest absolute Gasteiger partial charge is 0.342 e. The van der Waals surface area contributed by atoms with Crippen LogP contribution in [0.3, 0.4) is 0 Å². The van der Waals surface area contributed by atoms with Gasteiger partial charge in [0.1, 0.15) is 30.3 Å². The molecule has 4 nitrogen and oxygen atoms in total. The molecule has 1 heterocycles. The molecule has 7 heteroatoms. The highest BCUT2D eigenvalue weighted by atomic mass is 35.5. The number of nitrogens with zero attached hydrogens (tertiary/aromatic N) is 1. The molecule has 0 fully saturated rings. The van der Waals surface area contributed by atoms with Crippen LogP contribution in [0.4, 0.5) is 4.39 Å². The van der Waals surface area contributed by atoms with Crippen LogP contribution in [-0.2, 0) is 18.0 Å². The number of carbonyl (C=O) groups is 1. The standard InChI is InChI=1S/C18H13ClFNO3S/c19-15-5-3-6-16(20)14(15)9-24-18(22)13-4-1-2-7-17(13)23-8-12-10-25-11-21-12/h1-7,10-11H,8-9H2. The number of hydrogen-bond acceptors (Lipinski definition) is 5. The Morgan fingerprint density at radius 3 is 2.76 bits per heavy atom. The van der Waals surface area contributed by atoms with Gasteiger partial charge in [0.25, 0.3) is 0 Å². The van der Waals surface area contributed by atoms with Gasteiger partial charge in [0.15, 0.2) is 0 Å². The van der Waals surface area contributed by atoms with Crippen LogP contribution < -0.4 is 4.74 Å². The Morgan fingerprint density at radius 2 is 2.00 bits per heavy atom. The maximum absolute atomic E-state index is 13.8. The van der Waals surface area contributed by atoms with Gasteiger partial charge in [0.05, 0.1) is 16.2 Å². The fraction of sp³-hybridized carbons (Fsp3) is 0.111. The van der Waals surface area contributed by atoms with Crippen molar-refractivity contribution in [3.63, 3.8) is 0 Å². The molecule has 0 aliphatic carbocycles. The summed E-state index contributed by atoms with van der Waals surface area (Å²) in [5.41, 5.74) is 2.87. The van der Waals surface area contributed by atoms with Crippen molar-refractivity contribution < 1.29 is 18.7 Å². The third kappa shape index (κ3) is 4.35. The number of benzene rings is 2. The molecule has 0 saturated carbocycles. The zero-order valence-corrected chi connectivity index (χ0v) is 14.5. The predicted molar refractivity (Wildman–Crippen MR) is 93.4 cm³/mol. The summed E-state index contributed by atoms with van der Waals surface area (Å²) in [6.45, 7) is -0.0162. The van der Waals surface area contributed by atoms with E-state index in [1.54, 1.807) is 35.8 Å². The Bertz CT molecular complexity index is 850. The predicted octanol–water partition coefficient (Wildman–Crippen LogP) is 4.87. The van der Waals surface area contributed by atoms with Crippen molar-refractivity contribution in [3.05, 3.63) is 81.0 Å². The summed E-state index contributed by atoms with van der Waals surface area (Å²) in [5, 5.41) is 2.07. The lowest BCUT2D eigenvalue weighted by atomic mass is 10.2. The van der Waals surface area contributed by atoms with E-state index < -0.39 is 11.8 Å². The van der Waals surface area contributed by atoms with E-state index in [2.05, 4.69) is 4.98 Å². The highest BCUT2D eigenvalue weighted by molar-refractivity contribution is 7.07. The molecule has 0 saturated heterocycles. The number of ether oxygens (including phenoxy) is 2. The van der Waals surface area contributed by atoms with Crippen molar-refractivity contribution in [1.29, 1.82) is 0 Å². The number of esters is 1. The van der Waals surface area contributed by atoms with Crippen molar-refractivity contribution in [2.24, 2.45) is 0 Å². The number of halogens is 2. The van der Waals surface area contributed by atoms with E-state index in [-0.39, 0.29) is 29.4 Å². The average molecular weight is 378 g/mol. The van der Waals surface area contributed by atoms with Crippen molar-refractivity contribution in [2.75, 3.05) is 0 Å². The zero-order valence-electron chi connectivity index (χ0n) is 12.9. The summed E-state index contributed by atoms with van der Waals surface area (Å²) in [6.07, 6.45) is 0. The van der Waals surface area contributed by atoms with Crippen LogP contribution in [0.5, 0.6) is 5.75 Å². The molecule has 25 heavy (non-hydrogen) atoms. The first kappa shape index (κ1) is 17.4. The molecule has 3 rings (SSSR count). The molecule has 0 atom stereocenters. The van der Waals surface area contributed by atoms with Gasteiger partial charge < -0.3 is 9.47 Å². The maximum atomic E-state index is 13.8. The molecule has 0 radical (unpaired) electrons. The number of hydrogen-bond donors (Lipinski definition) is 0. The van der Waals surface area contributed by atoms with Crippen LogP contribution >= 0.6 is 22.9 Å². The zero-order chi connectivity index (χ0) is 17.6. The Hall–Kier alpha value is -2.44. The van der Waals surface area contributed by atoms with Gasteiger partial charge in [0, 0.05) is 10.9 Å². The van der Waals surface area contributed by atoms with Gasteiger partial charge in [-0.15, -0.1) is 11.3 Å². The highest BCUT2D eigenvalue weighted by Gasteiger charge is 2.16. The van der Waals surface area contributed by atoms with E-state index in [4.69, 9.17) is 21.1 Å². The molecule has 2 aromatic carbocycles. The summed E-state index contributed by atoms with van der Waals surface area (Å²) >= 11 is 7.40. The summed E-state index contributed by atoms with van der Waals surface area (Å²) in [6, 6.07) is 11.0. The molecule has 0 spiro atoms. The monoisotopic (exact) mass is 377 g/mol. The van der Waals surface area contributed by atoms with Gasteiger partial charge in [-0.1, -0.05) is 29.8 Å². The summed E-state index contributed by atoms with van der Waals surface area (Å²) in [7, 11) is 0. The van der Waals surface area contributed by atoms with Crippen molar-refractivity contribution >= 4 is 28.9 Å². The minimum atomic E-state index is -0.617. The van der Waals surface area contributed by atoms with Crippen LogP contribution in [-0.4, -0.2) is 11.0 Å². The lowest BCUT2D eigenvalue weighted by Gasteiger charge is -2.11. The Kier molecular flexibility index (Phi) is 5.63. The topological polar surface area (TPSA) is 48.4 Å². The van der Waals surface area contributed by atoms with E-state index in [0.29, 0.717) is 5.75 Å². The fourth-order valence-electron chi connectivity index (χ4n) is 2.11. The van der Waals surface area contributed by atoms with Gasteiger partial charge in [-0.25, -0.2) is 14.2 Å². The molecule has 0 N–H and O–H groups in total. The Balaban J connectivity index is 1.69.